The minimum atomic E-state index is 0.388. The lowest BCUT2D eigenvalue weighted by Crippen LogP contribution is -2.10. The van der Waals surface area contributed by atoms with Gasteiger partial charge in [-0.1, -0.05) is 0 Å². The molecule has 0 bridgehead atoms. The van der Waals surface area contributed by atoms with Crippen molar-refractivity contribution in [3.8, 4) is 0 Å². The van der Waals surface area contributed by atoms with Crippen LogP contribution in [-0.4, -0.2) is 38.7 Å². The molecule has 3 heteroatoms. The minimum absolute atomic E-state index is 0.388. The van der Waals surface area contributed by atoms with Gasteiger partial charge < -0.3 is 9.47 Å². The topological polar surface area (TPSA) is 30.8 Å². The Balaban J connectivity index is 1.65. The zero-order valence-corrected chi connectivity index (χ0v) is 7.95. The van der Waals surface area contributed by atoms with Crippen LogP contribution in [0.15, 0.2) is 4.99 Å². The predicted octanol–water partition coefficient (Wildman–Crippen LogP) is 1.27. The van der Waals surface area contributed by atoms with Crippen molar-refractivity contribution in [2.75, 3.05) is 26.4 Å². The largest absolute Gasteiger partial charge is 0.381 e. The quantitative estimate of drug-likeness (QED) is 0.617. The summed E-state index contributed by atoms with van der Waals surface area (Å²) < 4.78 is 10.7. The summed E-state index contributed by atoms with van der Waals surface area (Å²) in [5, 5.41) is 0. The smallest absolute Gasteiger partial charge is 0.0770 e. The highest BCUT2D eigenvalue weighted by atomic mass is 16.5. The normalized spacial score (nSPS) is 34.8. The molecule has 13 heavy (non-hydrogen) atoms. The molecule has 0 aliphatic carbocycles. The zero-order valence-electron chi connectivity index (χ0n) is 7.95. The molecule has 2 unspecified atom stereocenters. The lowest BCUT2D eigenvalue weighted by Gasteiger charge is -2.04. The summed E-state index contributed by atoms with van der Waals surface area (Å²) in [6.07, 6.45) is 5.95. The van der Waals surface area contributed by atoms with Gasteiger partial charge in [-0.3, -0.25) is 4.99 Å². The Kier molecular flexibility index (Phi) is 3.33. The Morgan fingerprint density at radius 2 is 2.31 bits per heavy atom. The van der Waals surface area contributed by atoms with Gasteiger partial charge in [0, 0.05) is 25.3 Å². The molecule has 0 aromatic heterocycles. The van der Waals surface area contributed by atoms with Crippen LogP contribution in [-0.2, 0) is 9.47 Å². The molecule has 0 amide bonds. The van der Waals surface area contributed by atoms with Crippen molar-refractivity contribution in [1.29, 1.82) is 0 Å². The van der Waals surface area contributed by atoms with Crippen molar-refractivity contribution < 1.29 is 9.47 Å². The van der Waals surface area contributed by atoms with Crippen molar-refractivity contribution in [3.05, 3.63) is 0 Å². The van der Waals surface area contributed by atoms with Gasteiger partial charge in [0.25, 0.3) is 0 Å². The number of hydrogen-bond acceptors (Lipinski definition) is 3. The first-order valence-corrected chi connectivity index (χ1v) is 5.14. The van der Waals surface area contributed by atoms with Crippen LogP contribution >= 0.6 is 0 Å². The Hall–Kier alpha value is -0.410. The molecule has 2 aliphatic rings. The zero-order chi connectivity index (χ0) is 8.93. The Labute approximate surface area is 79.1 Å². The van der Waals surface area contributed by atoms with E-state index in [2.05, 4.69) is 11.2 Å². The molecule has 2 aliphatic heterocycles. The Bertz CT molecular complexity index is 170. The lowest BCUT2D eigenvalue weighted by molar-refractivity contribution is 0.118. The fourth-order valence-corrected chi connectivity index (χ4v) is 1.79. The maximum Gasteiger partial charge on any atom is 0.0770 e. The number of ether oxygens (including phenoxy) is 2. The van der Waals surface area contributed by atoms with Gasteiger partial charge in [-0.25, -0.2) is 0 Å². The second-order valence-electron chi connectivity index (χ2n) is 3.77. The summed E-state index contributed by atoms with van der Waals surface area (Å²) in [5.41, 5.74) is 0. The highest BCUT2D eigenvalue weighted by molar-refractivity contribution is 5.61. The number of aliphatic imine (C=N–C) groups is 1. The van der Waals surface area contributed by atoms with E-state index in [9.17, 15) is 0 Å². The molecule has 2 heterocycles. The maximum absolute atomic E-state index is 5.47. The van der Waals surface area contributed by atoms with Gasteiger partial charge >= 0.3 is 0 Å². The molecule has 0 aromatic carbocycles. The Morgan fingerprint density at radius 3 is 3.00 bits per heavy atom. The molecular formula is C10H17NO2. The van der Waals surface area contributed by atoms with Gasteiger partial charge in [0.05, 0.1) is 19.3 Å². The van der Waals surface area contributed by atoms with Crippen LogP contribution in [0.25, 0.3) is 0 Å². The summed E-state index contributed by atoms with van der Waals surface area (Å²) in [7, 11) is 0. The standard InChI is InChI=1S/C10H17NO2/c1-2-10(13-4-1)7-11-6-9-3-5-12-8-9/h6,9-10H,1-5,7-8H2. The summed E-state index contributed by atoms with van der Waals surface area (Å²) >= 11 is 0. The van der Waals surface area contributed by atoms with E-state index in [0.717, 1.165) is 32.8 Å². The number of nitrogens with zero attached hydrogens (tertiary/aromatic N) is 1. The van der Waals surface area contributed by atoms with Crippen LogP contribution in [0.2, 0.25) is 0 Å². The third-order valence-corrected chi connectivity index (χ3v) is 2.61. The summed E-state index contributed by atoms with van der Waals surface area (Å²) in [6.45, 7) is 3.52. The van der Waals surface area contributed by atoms with Gasteiger partial charge in [-0.2, -0.15) is 0 Å². The maximum atomic E-state index is 5.47. The van der Waals surface area contributed by atoms with Gasteiger partial charge in [0.15, 0.2) is 0 Å². The van der Waals surface area contributed by atoms with Gasteiger partial charge in [-0.05, 0) is 19.3 Å². The second kappa shape index (κ2) is 4.72. The molecule has 0 N–H and O–H groups in total. The van der Waals surface area contributed by atoms with Crippen LogP contribution in [0.1, 0.15) is 19.3 Å². The van der Waals surface area contributed by atoms with E-state index in [1.807, 2.05) is 0 Å². The SMILES string of the molecule is C(=NCC1CCCO1)C1CCOC1. The second-order valence-corrected chi connectivity index (χ2v) is 3.77. The summed E-state index contributed by atoms with van der Waals surface area (Å²) in [4.78, 5) is 4.41. The average Bonchev–Trinajstić information content (AvgIpc) is 2.75. The molecule has 0 spiro atoms. The van der Waals surface area contributed by atoms with Crippen LogP contribution in [0.4, 0.5) is 0 Å². The first-order chi connectivity index (χ1) is 6.45. The van der Waals surface area contributed by atoms with E-state index in [1.165, 1.54) is 12.8 Å². The van der Waals surface area contributed by atoms with Crippen molar-refractivity contribution in [3.63, 3.8) is 0 Å². The summed E-state index contributed by atoms with van der Waals surface area (Å²) in [6, 6.07) is 0. The van der Waals surface area contributed by atoms with Crippen LogP contribution < -0.4 is 0 Å². The van der Waals surface area contributed by atoms with Gasteiger partial charge in [-0.15, -0.1) is 0 Å². The van der Waals surface area contributed by atoms with Crippen LogP contribution in [0.3, 0.4) is 0 Å². The van der Waals surface area contributed by atoms with E-state index in [1.54, 1.807) is 0 Å². The molecule has 0 aromatic rings. The van der Waals surface area contributed by atoms with E-state index in [0.29, 0.717) is 12.0 Å². The fraction of sp³-hybridized carbons (Fsp3) is 0.900. The monoisotopic (exact) mass is 183 g/mol. The van der Waals surface area contributed by atoms with E-state index in [-0.39, 0.29) is 0 Å². The molecule has 2 rings (SSSR count). The molecule has 2 fully saturated rings. The first-order valence-electron chi connectivity index (χ1n) is 5.14. The van der Waals surface area contributed by atoms with E-state index < -0.39 is 0 Å². The third-order valence-electron chi connectivity index (χ3n) is 2.61. The van der Waals surface area contributed by atoms with Crippen LogP contribution in [0.5, 0.6) is 0 Å². The summed E-state index contributed by atoms with van der Waals surface area (Å²) in [5.74, 6) is 0.557. The molecule has 0 saturated carbocycles. The van der Waals surface area contributed by atoms with Crippen molar-refractivity contribution in [2.45, 2.75) is 25.4 Å². The lowest BCUT2D eigenvalue weighted by atomic mass is 10.1. The van der Waals surface area contributed by atoms with Gasteiger partial charge in [0.1, 0.15) is 0 Å². The highest BCUT2D eigenvalue weighted by Crippen LogP contribution is 2.13. The van der Waals surface area contributed by atoms with Crippen molar-refractivity contribution in [1.82, 2.24) is 0 Å². The molecule has 2 saturated heterocycles. The molecule has 3 nitrogen and oxygen atoms in total. The number of hydrogen-bond donors (Lipinski definition) is 0. The van der Waals surface area contributed by atoms with Gasteiger partial charge in [0.2, 0.25) is 0 Å². The highest BCUT2D eigenvalue weighted by Gasteiger charge is 2.15. The third kappa shape index (κ3) is 2.78. The van der Waals surface area contributed by atoms with Crippen molar-refractivity contribution in [2.24, 2.45) is 10.9 Å². The fourth-order valence-electron chi connectivity index (χ4n) is 1.79. The molecule has 74 valence electrons. The molecular weight excluding hydrogens is 166 g/mol. The Morgan fingerprint density at radius 1 is 1.31 bits per heavy atom. The van der Waals surface area contributed by atoms with Crippen LogP contribution in [0, 0.1) is 5.92 Å². The minimum Gasteiger partial charge on any atom is -0.381 e. The van der Waals surface area contributed by atoms with E-state index >= 15 is 0 Å². The first kappa shape index (κ1) is 9.16. The predicted molar refractivity (Wildman–Crippen MR) is 51.3 cm³/mol. The van der Waals surface area contributed by atoms with E-state index in [4.69, 9.17) is 9.47 Å². The molecule has 2 atom stereocenters. The van der Waals surface area contributed by atoms with Crippen molar-refractivity contribution >= 4 is 6.21 Å². The number of rotatable bonds is 3. The average molecular weight is 183 g/mol. The molecule has 0 radical (unpaired) electrons.